The maximum atomic E-state index is 6.97. The van der Waals surface area contributed by atoms with Crippen molar-refractivity contribution in [1.82, 2.24) is 24.8 Å². The summed E-state index contributed by atoms with van der Waals surface area (Å²) in [4.78, 5) is 25.0. The van der Waals surface area contributed by atoms with Crippen LogP contribution < -0.4 is 25.2 Å². The van der Waals surface area contributed by atoms with Gasteiger partial charge in [-0.05, 0) is 118 Å². The van der Waals surface area contributed by atoms with Gasteiger partial charge < -0.3 is 23.8 Å². The molecular weight excluding hydrogens is 669 g/mol. The summed E-state index contributed by atoms with van der Waals surface area (Å²) < 4.78 is 24.3. The topological polar surface area (TPSA) is 124 Å². The Labute approximate surface area is 315 Å². The molecule has 1 aromatic carbocycles. The molecule has 0 bridgehead atoms. The Morgan fingerprint density at radius 1 is 0.868 bits per heavy atom. The van der Waals surface area contributed by atoms with Gasteiger partial charge in [0.2, 0.25) is 11.9 Å². The number of hydrazine groups is 1. The van der Waals surface area contributed by atoms with Crippen molar-refractivity contribution in [1.29, 1.82) is 0 Å². The van der Waals surface area contributed by atoms with Crippen LogP contribution in [0.2, 0.25) is 0 Å². The molecule has 4 aliphatic rings. The zero-order valence-electron chi connectivity index (χ0n) is 33.1. The van der Waals surface area contributed by atoms with Crippen molar-refractivity contribution in [2.75, 3.05) is 43.3 Å². The van der Waals surface area contributed by atoms with Crippen LogP contribution in [0.1, 0.15) is 109 Å². The lowest BCUT2D eigenvalue weighted by Gasteiger charge is -2.47. The van der Waals surface area contributed by atoms with Crippen molar-refractivity contribution < 1.29 is 18.9 Å². The number of nitrogens with two attached hydrogens (primary N) is 1. The first-order valence-corrected chi connectivity index (χ1v) is 19.1. The second-order valence-electron chi connectivity index (χ2n) is 17.2. The monoisotopic (exact) mass is 726 g/mol. The largest absolute Gasteiger partial charge is 0.493 e. The standard InChI is InChI=1S/C41H58N8O4/c1-11-20-51-33-21-26(12-13-32(33)50-10)25-47-17-14-27(15-18-47)31-22-28(49(42)37-44-24-30-35(46-37)41(8,9)53-39(30,4)5)16-19-48(31)36-43-23-29-34(45-36)40(6,7)52-38(29,2)3/h11-13,21,23-24,27-28,31H,1,14-20,22,25,42H2,2-10H3. The second-order valence-corrected chi connectivity index (χ2v) is 17.2. The molecule has 53 heavy (non-hydrogen) atoms. The van der Waals surface area contributed by atoms with E-state index in [4.69, 9.17) is 44.7 Å². The molecule has 7 rings (SSSR count). The first kappa shape index (κ1) is 37.5. The van der Waals surface area contributed by atoms with Crippen molar-refractivity contribution in [3.05, 3.63) is 71.3 Å². The third-order valence-corrected chi connectivity index (χ3v) is 11.7. The summed E-state index contributed by atoms with van der Waals surface area (Å²) in [5, 5.41) is 1.81. The zero-order valence-corrected chi connectivity index (χ0v) is 33.1. The minimum absolute atomic E-state index is 0.0483. The highest BCUT2D eigenvalue weighted by molar-refractivity contribution is 5.45. The summed E-state index contributed by atoms with van der Waals surface area (Å²) in [6, 6.07) is 6.44. The van der Waals surface area contributed by atoms with Crippen LogP contribution in [0.15, 0.2) is 43.2 Å². The Bertz CT molecular complexity index is 1840. The number of likely N-dealkylation sites (tertiary alicyclic amines) is 1. The van der Waals surface area contributed by atoms with E-state index in [1.54, 1.807) is 18.2 Å². The van der Waals surface area contributed by atoms with E-state index in [1.807, 2.05) is 18.5 Å². The second kappa shape index (κ2) is 13.8. The van der Waals surface area contributed by atoms with Crippen LogP contribution in [0.25, 0.3) is 0 Å². The maximum Gasteiger partial charge on any atom is 0.240 e. The van der Waals surface area contributed by atoms with Gasteiger partial charge >= 0.3 is 0 Å². The quantitative estimate of drug-likeness (QED) is 0.140. The van der Waals surface area contributed by atoms with Gasteiger partial charge in [-0.15, -0.1) is 0 Å². The van der Waals surface area contributed by atoms with Crippen LogP contribution in [0, 0.1) is 5.92 Å². The number of piperidine rings is 2. The Kier molecular flexibility index (Phi) is 9.74. The van der Waals surface area contributed by atoms with Crippen molar-refractivity contribution in [3.8, 4) is 11.5 Å². The van der Waals surface area contributed by atoms with Crippen molar-refractivity contribution >= 4 is 11.9 Å². The lowest BCUT2D eigenvalue weighted by molar-refractivity contribution is -0.106. The predicted octanol–water partition coefficient (Wildman–Crippen LogP) is 6.47. The Hall–Kier alpha value is -3.84. The van der Waals surface area contributed by atoms with Gasteiger partial charge in [0.1, 0.15) is 17.8 Å². The van der Waals surface area contributed by atoms with Crippen molar-refractivity contribution in [2.45, 2.75) is 122 Å². The Morgan fingerprint density at radius 2 is 1.51 bits per heavy atom. The van der Waals surface area contributed by atoms with E-state index in [1.165, 1.54) is 5.56 Å². The van der Waals surface area contributed by atoms with E-state index in [0.717, 1.165) is 91.8 Å². The normalized spacial score (nSPS) is 24.4. The number of hydrogen-bond donors (Lipinski definition) is 1. The molecule has 2 N–H and O–H groups in total. The molecule has 0 amide bonds. The molecule has 0 saturated carbocycles. The van der Waals surface area contributed by atoms with Crippen LogP contribution in [-0.4, -0.2) is 70.3 Å². The van der Waals surface area contributed by atoms with Gasteiger partial charge in [0.05, 0.1) is 35.7 Å². The Balaban J connectivity index is 1.13. The zero-order chi connectivity index (χ0) is 37.9. The number of aromatic nitrogens is 4. The third-order valence-electron chi connectivity index (χ3n) is 11.7. The fourth-order valence-corrected chi connectivity index (χ4v) is 9.21. The van der Waals surface area contributed by atoms with Gasteiger partial charge in [-0.25, -0.2) is 25.8 Å². The molecule has 3 aromatic rings. The fourth-order valence-electron chi connectivity index (χ4n) is 9.21. The van der Waals surface area contributed by atoms with Crippen LogP contribution in [0.5, 0.6) is 11.5 Å². The van der Waals surface area contributed by atoms with E-state index in [2.05, 4.69) is 83.9 Å². The van der Waals surface area contributed by atoms with Crippen molar-refractivity contribution in [2.24, 2.45) is 11.8 Å². The van der Waals surface area contributed by atoms with Crippen LogP contribution in [0.3, 0.4) is 0 Å². The molecule has 286 valence electrons. The van der Waals surface area contributed by atoms with Crippen LogP contribution in [0.4, 0.5) is 11.9 Å². The SMILES string of the molecule is C=CCOc1cc(CN2CCC(C3CC(N(N)c4ncc5c(n4)C(C)(C)OC5(C)C)CCN3c3ncc4c(n3)C(C)(C)OC4(C)C)CC2)ccc1OC. The number of nitrogens with zero attached hydrogens (tertiary/aromatic N) is 7. The molecule has 4 aliphatic heterocycles. The van der Waals surface area contributed by atoms with Crippen LogP contribution >= 0.6 is 0 Å². The summed E-state index contributed by atoms with van der Waals surface area (Å²) in [6.07, 6.45) is 9.42. The number of rotatable bonds is 10. The molecule has 2 unspecified atom stereocenters. The molecule has 0 spiro atoms. The fraction of sp³-hybridized carbons (Fsp3) is 0.610. The Morgan fingerprint density at radius 3 is 2.15 bits per heavy atom. The number of ether oxygens (including phenoxy) is 4. The number of hydrogen-bond acceptors (Lipinski definition) is 12. The number of methoxy groups -OCH3 is 1. The number of benzene rings is 1. The van der Waals surface area contributed by atoms with Crippen molar-refractivity contribution in [3.63, 3.8) is 0 Å². The summed E-state index contributed by atoms with van der Waals surface area (Å²) in [5.74, 6) is 10.2. The molecule has 2 fully saturated rings. The highest BCUT2D eigenvalue weighted by Crippen LogP contribution is 2.47. The molecule has 2 aromatic heterocycles. The lowest BCUT2D eigenvalue weighted by Crippen LogP contribution is -2.56. The molecule has 0 radical (unpaired) electrons. The van der Waals surface area contributed by atoms with Gasteiger partial charge in [0.25, 0.3) is 0 Å². The number of anilines is 2. The summed E-state index contributed by atoms with van der Waals surface area (Å²) in [7, 11) is 1.67. The number of fused-ring (bicyclic) bond motifs is 2. The van der Waals surface area contributed by atoms with E-state index >= 15 is 0 Å². The van der Waals surface area contributed by atoms with E-state index in [0.29, 0.717) is 18.5 Å². The molecule has 12 heteroatoms. The highest BCUT2D eigenvalue weighted by atomic mass is 16.5. The minimum atomic E-state index is -0.528. The molecule has 0 aliphatic carbocycles. The maximum absolute atomic E-state index is 6.97. The van der Waals surface area contributed by atoms with Gasteiger partial charge in [-0.3, -0.25) is 9.91 Å². The van der Waals surface area contributed by atoms with E-state index < -0.39 is 22.4 Å². The molecule has 6 heterocycles. The van der Waals surface area contributed by atoms with Gasteiger partial charge in [-0.1, -0.05) is 18.7 Å². The minimum Gasteiger partial charge on any atom is -0.493 e. The summed E-state index contributed by atoms with van der Waals surface area (Å²) in [5.41, 5.74) is 3.22. The van der Waals surface area contributed by atoms with Gasteiger partial charge in [0, 0.05) is 42.7 Å². The predicted molar refractivity (Wildman–Crippen MR) is 206 cm³/mol. The molecule has 2 atom stereocenters. The lowest BCUT2D eigenvalue weighted by atomic mass is 9.82. The summed E-state index contributed by atoms with van der Waals surface area (Å²) >= 11 is 0. The summed E-state index contributed by atoms with van der Waals surface area (Å²) in [6.45, 7) is 24.5. The van der Waals surface area contributed by atoms with Gasteiger partial charge in [0.15, 0.2) is 11.5 Å². The smallest absolute Gasteiger partial charge is 0.240 e. The molecular formula is C41H58N8O4. The average Bonchev–Trinajstić information content (AvgIpc) is 3.44. The van der Waals surface area contributed by atoms with E-state index in [9.17, 15) is 0 Å². The first-order valence-electron chi connectivity index (χ1n) is 19.1. The van der Waals surface area contributed by atoms with Gasteiger partial charge in [-0.2, -0.15) is 0 Å². The third kappa shape index (κ3) is 7.11. The average molecular weight is 727 g/mol. The molecule has 2 saturated heterocycles. The van der Waals surface area contributed by atoms with Crippen LogP contribution in [-0.2, 0) is 38.4 Å². The molecule has 12 nitrogen and oxygen atoms in total. The van der Waals surface area contributed by atoms with E-state index in [-0.39, 0.29) is 12.1 Å². The highest BCUT2D eigenvalue weighted by Gasteiger charge is 2.47. The first-order chi connectivity index (χ1) is 25.0.